The van der Waals surface area contributed by atoms with Crippen LogP contribution >= 0.6 is 0 Å². The van der Waals surface area contributed by atoms with Crippen molar-refractivity contribution in [2.24, 2.45) is 5.73 Å². The van der Waals surface area contributed by atoms with Gasteiger partial charge < -0.3 is 10.3 Å². The van der Waals surface area contributed by atoms with Gasteiger partial charge in [-0.1, -0.05) is 18.2 Å². The maximum absolute atomic E-state index is 9.22. The largest absolute Gasteiger partial charge is 0.726 e. The molecule has 1 rings (SSSR count). The standard InChI is InChI=1S/C9H14N.C2H5NO.CH4O4S/c1-10(2,3)9-7-5-4-6-8-9;1-2(3)4;1-5-6(2,3)4/h4-8H,1-3H3;1H3,(H2,3,4);1H3,(H,2,3,4)/q+1;;/p-1. The van der Waals surface area contributed by atoms with Crippen molar-refractivity contribution in [3.05, 3.63) is 30.3 Å². The minimum absolute atomic E-state index is 0.333. The highest BCUT2D eigenvalue weighted by atomic mass is 32.3. The molecule has 0 saturated heterocycles. The number of carbonyl (C=O) groups is 1. The third-order valence-corrected chi connectivity index (χ3v) is 2.14. The molecule has 0 heterocycles. The Hall–Kier alpha value is -1.48. The summed E-state index contributed by atoms with van der Waals surface area (Å²) < 4.78 is 31.9. The van der Waals surface area contributed by atoms with Gasteiger partial charge in [0.15, 0.2) is 0 Å². The van der Waals surface area contributed by atoms with Gasteiger partial charge in [0.1, 0.15) is 5.69 Å². The molecule has 1 amide bonds. The molecule has 0 unspecified atom stereocenters. The summed E-state index contributed by atoms with van der Waals surface area (Å²) in [7, 11) is 2.88. The van der Waals surface area contributed by atoms with Crippen LogP contribution in [0.5, 0.6) is 0 Å². The van der Waals surface area contributed by atoms with Crippen molar-refractivity contribution in [2.75, 3.05) is 28.3 Å². The first-order valence-electron chi connectivity index (χ1n) is 5.54. The van der Waals surface area contributed by atoms with Crippen molar-refractivity contribution in [2.45, 2.75) is 6.92 Å². The van der Waals surface area contributed by atoms with E-state index in [0.717, 1.165) is 11.6 Å². The van der Waals surface area contributed by atoms with Crippen molar-refractivity contribution >= 4 is 22.0 Å². The quantitative estimate of drug-likeness (QED) is 0.485. The van der Waals surface area contributed by atoms with Crippen LogP contribution in [0.3, 0.4) is 0 Å². The van der Waals surface area contributed by atoms with E-state index in [2.05, 4.69) is 55.3 Å². The van der Waals surface area contributed by atoms with E-state index in [1.165, 1.54) is 12.6 Å². The monoisotopic (exact) mass is 306 g/mol. The molecule has 0 bridgehead atoms. The van der Waals surface area contributed by atoms with Gasteiger partial charge in [0.05, 0.1) is 28.3 Å². The van der Waals surface area contributed by atoms with E-state index in [4.69, 9.17) is 0 Å². The Morgan fingerprint density at radius 3 is 1.65 bits per heavy atom. The third-order valence-electron chi connectivity index (χ3n) is 1.73. The second kappa shape index (κ2) is 9.43. The van der Waals surface area contributed by atoms with E-state index >= 15 is 0 Å². The molecule has 0 fully saturated rings. The molecule has 0 saturated carbocycles. The molecule has 0 aliphatic rings. The summed E-state index contributed by atoms with van der Waals surface area (Å²) in [5.74, 6) is -0.333. The van der Waals surface area contributed by atoms with Crippen molar-refractivity contribution < 1.29 is 21.9 Å². The number of rotatable bonds is 2. The SMILES string of the molecule is CC(N)=O.COS(=O)(=O)[O-].C[N+](C)(C)c1ccccc1. The zero-order valence-electron chi connectivity index (χ0n) is 12.4. The van der Waals surface area contributed by atoms with Crippen molar-refractivity contribution in [3.63, 3.8) is 0 Å². The molecular formula is C12H22N2O5S. The Labute approximate surface area is 120 Å². The van der Waals surface area contributed by atoms with Gasteiger partial charge in [-0.3, -0.25) is 13.5 Å². The smallest absolute Gasteiger partial charge is 0.217 e. The molecule has 0 aliphatic carbocycles. The summed E-state index contributed by atoms with van der Waals surface area (Å²) in [5, 5.41) is 0. The fraction of sp³-hybridized carbons (Fsp3) is 0.417. The minimum Gasteiger partial charge on any atom is -0.726 e. The molecule has 20 heavy (non-hydrogen) atoms. The van der Waals surface area contributed by atoms with Gasteiger partial charge in [-0.15, -0.1) is 0 Å². The summed E-state index contributed by atoms with van der Waals surface area (Å²) in [5.41, 5.74) is 5.81. The molecule has 116 valence electrons. The second-order valence-electron chi connectivity index (χ2n) is 4.53. The van der Waals surface area contributed by atoms with Crippen molar-refractivity contribution in [3.8, 4) is 0 Å². The lowest BCUT2D eigenvalue weighted by atomic mass is 10.3. The number of carbonyl (C=O) groups excluding carboxylic acids is 1. The zero-order valence-corrected chi connectivity index (χ0v) is 13.2. The Bertz CT molecular complexity index is 476. The Kier molecular flexibility index (Phi) is 9.82. The van der Waals surface area contributed by atoms with Crippen LogP contribution in [0.1, 0.15) is 6.92 Å². The first kappa shape index (κ1) is 20.8. The Balaban J connectivity index is 0. The Morgan fingerprint density at radius 1 is 1.20 bits per heavy atom. The number of benzene rings is 1. The van der Waals surface area contributed by atoms with Crippen molar-refractivity contribution in [1.82, 2.24) is 4.48 Å². The van der Waals surface area contributed by atoms with E-state index in [-0.39, 0.29) is 5.91 Å². The van der Waals surface area contributed by atoms with Crippen LogP contribution in [-0.2, 0) is 19.4 Å². The van der Waals surface area contributed by atoms with Crippen LogP contribution in [0.15, 0.2) is 30.3 Å². The molecule has 0 aromatic heterocycles. The van der Waals surface area contributed by atoms with E-state index < -0.39 is 10.4 Å². The fourth-order valence-electron chi connectivity index (χ4n) is 0.875. The predicted octanol–water partition coefficient (Wildman–Crippen LogP) is 0.468. The normalized spacial score (nSPS) is 10.5. The van der Waals surface area contributed by atoms with E-state index in [0.29, 0.717) is 0 Å². The summed E-state index contributed by atoms with van der Waals surface area (Å²) in [6.07, 6.45) is 0. The maximum atomic E-state index is 9.22. The number of nitrogens with two attached hydrogens (primary N) is 1. The van der Waals surface area contributed by atoms with Gasteiger partial charge in [-0.05, 0) is 12.1 Å². The lowest BCUT2D eigenvalue weighted by Gasteiger charge is -2.22. The highest BCUT2D eigenvalue weighted by Crippen LogP contribution is 2.14. The van der Waals surface area contributed by atoms with Gasteiger partial charge in [-0.2, -0.15) is 0 Å². The molecule has 2 N–H and O–H groups in total. The zero-order chi connectivity index (χ0) is 16.4. The van der Waals surface area contributed by atoms with E-state index in [9.17, 15) is 17.8 Å². The second-order valence-corrected chi connectivity index (χ2v) is 5.68. The lowest BCUT2D eigenvalue weighted by molar-refractivity contribution is -0.115. The van der Waals surface area contributed by atoms with Gasteiger partial charge in [0.2, 0.25) is 16.3 Å². The highest BCUT2D eigenvalue weighted by Gasteiger charge is 2.08. The molecular weight excluding hydrogens is 284 g/mol. The summed E-state index contributed by atoms with van der Waals surface area (Å²) in [6.45, 7) is 1.31. The molecule has 0 atom stereocenters. The summed E-state index contributed by atoms with van der Waals surface area (Å²) >= 11 is 0. The fourth-order valence-corrected chi connectivity index (χ4v) is 0.875. The summed E-state index contributed by atoms with van der Waals surface area (Å²) in [6, 6.07) is 10.5. The highest BCUT2D eigenvalue weighted by molar-refractivity contribution is 7.80. The van der Waals surface area contributed by atoms with Crippen LogP contribution in [0.25, 0.3) is 0 Å². The average Bonchev–Trinajstić information content (AvgIpc) is 2.28. The third kappa shape index (κ3) is 16.5. The summed E-state index contributed by atoms with van der Waals surface area (Å²) in [4.78, 5) is 9.22. The number of amides is 1. The van der Waals surface area contributed by atoms with Gasteiger partial charge in [0.25, 0.3) is 0 Å². The van der Waals surface area contributed by atoms with Crippen molar-refractivity contribution in [1.29, 1.82) is 0 Å². The first-order valence-corrected chi connectivity index (χ1v) is 6.88. The number of primary amides is 1. The molecule has 0 aliphatic heterocycles. The molecule has 1 aromatic carbocycles. The van der Waals surface area contributed by atoms with Crippen LogP contribution < -0.4 is 10.2 Å². The maximum Gasteiger partial charge on any atom is 0.217 e. The number of nitrogens with zero attached hydrogens (tertiary/aromatic N) is 1. The van der Waals surface area contributed by atoms with Crippen LogP contribution in [0.4, 0.5) is 5.69 Å². The van der Waals surface area contributed by atoms with E-state index in [1.807, 2.05) is 6.07 Å². The molecule has 8 heteroatoms. The van der Waals surface area contributed by atoms with Crippen LogP contribution in [-0.4, -0.2) is 47.1 Å². The lowest BCUT2D eigenvalue weighted by Crippen LogP contribution is -2.34. The number of hydrogen-bond acceptors (Lipinski definition) is 5. The topological polar surface area (TPSA) is 110 Å². The number of para-hydroxylation sites is 1. The van der Waals surface area contributed by atoms with Gasteiger partial charge >= 0.3 is 0 Å². The van der Waals surface area contributed by atoms with Crippen LogP contribution in [0.2, 0.25) is 0 Å². The first-order chi connectivity index (χ1) is 8.90. The van der Waals surface area contributed by atoms with Gasteiger partial charge in [-0.25, -0.2) is 8.42 Å². The van der Waals surface area contributed by atoms with Gasteiger partial charge in [0, 0.05) is 6.92 Å². The van der Waals surface area contributed by atoms with E-state index in [1.54, 1.807) is 0 Å². The average molecular weight is 306 g/mol. The number of hydrogen-bond donors (Lipinski definition) is 1. The van der Waals surface area contributed by atoms with Crippen LogP contribution in [0, 0.1) is 0 Å². The Morgan fingerprint density at radius 2 is 1.50 bits per heavy atom. The number of quaternary nitrogens is 1. The molecule has 1 aromatic rings. The molecule has 0 radical (unpaired) electrons. The molecule has 0 spiro atoms. The predicted molar refractivity (Wildman–Crippen MR) is 77.6 cm³/mol. The minimum atomic E-state index is -4.41. The molecule has 7 nitrogen and oxygen atoms in total.